The van der Waals surface area contributed by atoms with Crippen LogP contribution in [0.5, 0.6) is 5.75 Å². The van der Waals surface area contributed by atoms with Crippen molar-refractivity contribution >= 4 is 16.9 Å². The van der Waals surface area contributed by atoms with Gasteiger partial charge in [-0.1, -0.05) is 78.9 Å². The van der Waals surface area contributed by atoms with Crippen molar-refractivity contribution in [3.63, 3.8) is 0 Å². The Morgan fingerprint density at radius 1 is 0.833 bits per heavy atom. The SMILES string of the molecule is COc1ccc(Cn2c(C(C)NC(=O)Cc3ccc(-c4ccccc4)cc3)nc3ccccc32)cc1. The molecule has 0 aliphatic heterocycles. The number of carbonyl (C=O) groups excluding carboxylic acids is 1. The Kier molecular flexibility index (Phi) is 6.80. The van der Waals surface area contributed by atoms with Crippen molar-refractivity contribution < 1.29 is 9.53 Å². The van der Waals surface area contributed by atoms with E-state index in [1.807, 2.05) is 67.6 Å². The third kappa shape index (κ3) is 5.15. The normalized spacial score (nSPS) is 11.8. The van der Waals surface area contributed by atoms with E-state index in [1.165, 1.54) is 0 Å². The molecule has 5 rings (SSSR count). The maximum absolute atomic E-state index is 12.9. The molecular formula is C31H29N3O2. The molecule has 0 fully saturated rings. The number of imidazole rings is 1. The van der Waals surface area contributed by atoms with E-state index in [0.717, 1.165) is 44.9 Å². The largest absolute Gasteiger partial charge is 0.497 e. The van der Waals surface area contributed by atoms with E-state index in [0.29, 0.717) is 13.0 Å². The van der Waals surface area contributed by atoms with E-state index in [2.05, 4.69) is 52.3 Å². The number of para-hydroxylation sites is 2. The average molecular weight is 476 g/mol. The summed E-state index contributed by atoms with van der Waals surface area (Å²) in [7, 11) is 1.67. The Labute approximate surface area is 211 Å². The fourth-order valence-electron chi connectivity index (χ4n) is 4.49. The van der Waals surface area contributed by atoms with Crippen LogP contribution in [0, 0.1) is 0 Å². The monoisotopic (exact) mass is 475 g/mol. The Bertz CT molecular complexity index is 1460. The van der Waals surface area contributed by atoms with Crippen LogP contribution in [0.3, 0.4) is 0 Å². The number of aromatic nitrogens is 2. The highest BCUT2D eigenvalue weighted by atomic mass is 16.5. The van der Waals surface area contributed by atoms with Crippen LogP contribution in [0.4, 0.5) is 0 Å². The predicted molar refractivity (Wildman–Crippen MR) is 144 cm³/mol. The van der Waals surface area contributed by atoms with Gasteiger partial charge in [-0.05, 0) is 53.4 Å². The van der Waals surface area contributed by atoms with Crippen LogP contribution in [0.1, 0.15) is 29.9 Å². The minimum absolute atomic E-state index is 0.0296. The van der Waals surface area contributed by atoms with Crippen LogP contribution in [0.2, 0.25) is 0 Å². The van der Waals surface area contributed by atoms with Gasteiger partial charge in [0.05, 0.1) is 30.6 Å². The molecule has 1 amide bonds. The number of ether oxygens (including phenoxy) is 1. The Hall–Kier alpha value is -4.38. The summed E-state index contributed by atoms with van der Waals surface area (Å²) in [5.74, 6) is 1.63. The number of amides is 1. The molecule has 1 unspecified atom stereocenters. The van der Waals surface area contributed by atoms with Crippen molar-refractivity contribution in [2.24, 2.45) is 0 Å². The van der Waals surface area contributed by atoms with Crippen LogP contribution in [0.15, 0.2) is 103 Å². The van der Waals surface area contributed by atoms with Crippen molar-refractivity contribution in [2.75, 3.05) is 7.11 Å². The van der Waals surface area contributed by atoms with Gasteiger partial charge < -0.3 is 14.6 Å². The molecule has 5 aromatic rings. The van der Waals surface area contributed by atoms with Crippen molar-refractivity contribution in [2.45, 2.75) is 25.9 Å². The smallest absolute Gasteiger partial charge is 0.224 e. The summed E-state index contributed by atoms with van der Waals surface area (Å²) < 4.78 is 7.47. The van der Waals surface area contributed by atoms with Gasteiger partial charge in [-0.15, -0.1) is 0 Å². The number of rotatable bonds is 8. The highest BCUT2D eigenvalue weighted by Crippen LogP contribution is 2.24. The Morgan fingerprint density at radius 3 is 2.19 bits per heavy atom. The molecule has 1 N–H and O–H groups in total. The van der Waals surface area contributed by atoms with Gasteiger partial charge in [0.15, 0.2) is 0 Å². The van der Waals surface area contributed by atoms with E-state index in [1.54, 1.807) is 7.11 Å². The highest BCUT2D eigenvalue weighted by Gasteiger charge is 2.19. The molecule has 1 aromatic heterocycles. The first-order valence-corrected chi connectivity index (χ1v) is 12.1. The molecule has 0 aliphatic rings. The lowest BCUT2D eigenvalue weighted by molar-refractivity contribution is -0.121. The van der Waals surface area contributed by atoms with E-state index < -0.39 is 0 Å². The molecule has 0 saturated heterocycles. The number of carbonyl (C=O) groups is 1. The molecule has 4 aromatic carbocycles. The molecule has 1 heterocycles. The molecule has 0 bridgehead atoms. The van der Waals surface area contributed by atoms with Crippen molar-refractivity contribution in [3.05, 3.63) is 120 Å². The topological polar surface area (TPSA) is 56.1 Å². The zero-order valence-corrected chi connectivity index (χ0v) is 20.5. The quantitative estimate of drug-likeness (QED) is 0.292. The summed E-state index contributed by atoms with van der Waals surface area (Å²) in [4.78, 5) is 17.8. The summed E-state index contributed by atoms with van der Waals surface area (Å²) in [5, 5.41) is 3.15. The second-order valence-electron chi connectivity index (χ2n) is 8.92. The summed E-state index contributed by atoms with van der Waals surface area (Å²) in [5.41, 5.74) is 6.38. The van der Waals surface area contributed by atoms with E-state index in [-0.39, 0.29) is 11.9 Å². The number of hydrogen-bond donors (Lipinski definition) is 1. The lowest BCUT2D eigenvalue weighted by atomic mass is 10.0. The minimum atomic E-state index is -0.244. The second kappa shape index (κ2) is 10.5. The first-order valence-electron chi connectivity index (χ1n) is 12.1. The summed E-state index contributed by atoms with van der Waals surface area (Å²) >= 11 is 0. The maximum Gasteiger partial charge on any atom is 0.224 e. The minimum Gasteiger partial charge on any atom is -0.497 e. The fourth-order valence-corrected chi connectivity index (χ4v) is 4.49. The molecule has 5 nitrogen and oxygen atoms in total. The van der Waals surface area contributed by atoms with Gasteiger partial charge in [0, 0.05) is 6.54 Å². The Balaban J connectivity index is 1.32. The average Bonchev–Trinajstić information content (AvgIpc) is 3.28. The fraction of sp³-hybridized carbons (Fsp3) is 0.161. The van der Waals surface area contributed by atoms with Crippen molar-refractivity contribution in [3.8, 4) is 16.9 Å². The molecule has 180 valence electrons. The number of methoxy groups -OCH3 is 1. The van der Waals surface area contributed by atoms with Crippen molar-refractivity contribution in [1.82, 2.24) is 14.9 Å². The van der Waals surface area contributed by atoms with Gasteiger partial charge in [0.2, 0.25) is 5.91 Å². The molecule has 1 atom stereocenters. The second-order valence-corrected chi connectivity index (χ2v) is 8.92. The standard InChI is InChI=1S/C31H29N3O2/c1-22(32-30(35)20-23-12-16-26(17-13-23)25-8-4-3-5-9-25)31-33-28-10-6-7-11-29(28)34(31)21-24-14-18-27(36-2)19-15-24/h3-19,22H,20-21H2,1-2H3,(H,32,35). The summed E-state index contributed by atoms with van der Waals surface area (Å²) in [6.07, 6.45) is 0.318. The lowest BCUT2D eigenvalue weighted by Gasteiger charge is -2.17. The predicted octanol–water partition coefficient (Wildman–Crippen LogP) is 6.18. The maximum atomic E-state index is 12.9. The van der Waals surface area contributed by atoms with Gasteiger partial charge in [-0.2, -0.15) is 0 Å². The van der Waals surface area contributed by atoms with Crippen molar-refractivity contribution in [1.29, 1.82) is 0 Å². The van der Waals surface area contributed by atoms with E-state index >= 15 is 0 Å². The van der Waals surface area contributed by atoms with Crippen LogP contribution in [-0.2, 0) is 17.8 Å². The zero-order chi connectivity index (χ0) is 24.9. The third-order valence-electron chi connectivity index (χ3n) is 6.37. The van der Waals surface area contributed by atoms with E-state index in [9.17, 15) is 4.79 Å². The first-order chi connectivity index (χ1) is 17.6. The Morgan fingerprint density at radius 2 is 1.47 bits per heavy atom. The van der Waals surface area contributed by atoms with E-state index in [4.69, 9.17) is 9.72 Å². The molecule has 0 aliphatic carbocycles. The number of nitrogens with zero attached hydrogens (tertiary/aromatic N) is 2. The number of fused-ring (bicyclic) bond motifs is 1. The first kappa shape index (κ1) is 23.4. The lowest BCUT2D eigenvalue weighted by Crippen LogP contribution is -2.30. The third-order valence-corrected chi connectivity index (χ3v) is 6.37. The molecule has 5 heteroatoms. The number of benzene rings is 4. The van der Waals surface area contributed by atoms with Gasteiger partial charge in [0.25, 0.3) is 0 Å². The molecule has 36 heavy (non-hydrogen) atoms. The van der Waals surface area contributed by atoms with Crippen LogP contribution in [-0.4, -0.2) is 22.6 Å². The van der Waals surface area contributed by atoms with Crippen LogP contribution >= 0.6 is 0 Å². The molecule has 0 saturated carbocycles. The van der Waals surface area contributed by atoms with Crippen LogP contribution in [0.25, 0.3) is 22.2 Å². The van der Waals surface area contributed by atoms with Gasteiger partial charge >= 0.3 is 0 Å². The summed E-state index contributed by atoms with van der Waals surface area (Å²) in [6.45, 7) is 2.64. The van der Waals surface area contributed by atoms with Gasteiger partial charge in [-0.25, -0.2) is 4.98 Å². The number of hydrogen-bond acceptors (Lipinski definition) is 3. The molecule has 0 radical (unpaired) electrons. The van der Waals surface area contributed by atoms with Gasteiger partial charge in [0.1, 0.15) is 11.6 Å². The highest BCUT2D eigenvalue weighted by molar-refractivity contribution is 5.80. The number of nitrogens with one attached hydrogen (secondary N) is 1. The molecular weight excluding hydrogens is 446 g/mol. The zero-order valence-electron chi connectivity index (χ0n) is 20.5. The summed E-state index contributed by atoms with van der Waals surface area (Å²) in [6, 6.07) is 34.3. The van der Waals surface area contributed by atoms with Gasteiger partial charge in [-0.3, -0.25) is 4.79 Å². The molecule has 0 spiro atoms. The van der Waals surface area contributed by atoms with Crippen LogP contribution < -0.4 is 10.1 Å².